The molecule has 0 radical (unpaired) electrons. The monoisotopic (exact) mass is 976 g/mol. The number of anilines is 5. The smallest absolute Gasteiger partial charge is 0.413 e. The summed E-state index contributed by atoms with van der Waals surface area (Å²) in [5.74, 6) is -8.78. The number of aliphatic hydroxyl groups is 3. The molecule has 0 aliphatic heterocycles. The van der Waals surface area contributed by atoms with Crippen LogP contribution in [0.2, 0.25) is 0 Å². The Morgan fingerprint density at radius 3 is 1.03 bits per heavy atom. The summed E-state index contributed by atoms with van der Waals surface area (Å²) in [4.78, 5) is 92.3. The molecule has 69 heavy (non-hydrogen) atoms. The van der Waals surface area contributed by atoms with Crippen molar-refractivity contribution in [3.63, 3.8) is 0 Å². The number of nitrogens with zero attached hydrogens (tertiary/aromatic N) is 7. The molecule has 376 valence electrons. The molecule has 0 aliphatic rings. The molecule has 4 amide bonds. The van der Waals surface area contributed by atoms with Gasteiger partial charge >= 0.3 is 24.4 Å². The fraction of sp³-hybridized carbons (Fsp3) is 0.390. The average molecular weight is 977 g/mol. The van der Waals surface area contributed by atoms with Gasteiger partial charge in [-0.1, -0.05) is 0 Å². The van der Waals surface area contributed by atoms with Crippen LogP contribution in [-0.2, 0) is 19.6 Å². The predicted octanol–water partition coefficient (Wildman–Crippen LogP) is 1.08. The van der Waals surface area contributed by atoms with Gasteiger partial charge in [-0.15, -0.1) is 0 Å². The molecule has 0 spiro atoms. The summed E-state index contributed by atoms with van der Waals surface area (Å²) in [6, 6.07) is 5.25. The van der Waals surface area contributed by atoms with Gasteiger partial charge in [0.25, 0.3) is 16.3 Å². The fourth-order valence-electron chi connectivity index (χ4n) is 8.06. The van der Waals surface area contributed by atoms with Gasteiger partial charge < -0.3 is 85.8 Å². The zero-order valence-electron chi connectivity index (χ0n) is 36.5. The number of nitrogens with two attached hydrogens (primary N) is 1. The minimum atomic E-state index is -1.91. The zero-order chi connectivity index (χ0) is 51.5. The zero-order valence-corrected chi connectivity index (χ0v) is 36.5. The number of carbonyl (C=O) groups is 4. The van der Waals surface area contributed by atoms with Crippen molar-refractivity contribution in [2.75, 3.05) is 64.8 Å². The van der Waals surface area contributed by atoms with Gasteiger partial charge in [-0.2, -0.15) is 0 Å². The first-order valence-corrected chi connectivity index (χ1v) is 20.8. The third-order valence-electron chi connectivity index (χ3n) is 11.0. The molecular formula is C41H52N8O20. The van der Waals surface area contributed by atoms with Crippen molar-refractivity contribution in [3.8, 4) is 34.5 Å². The van der Waals surface area contributed by atoms with Gasteiger partial charge in [-0.05, 0) is 62.8 Å². The molecule has 4 aromatic rings. The SMILES string of the molecule is Nc1ccc(N(C(=O)O)C(CCCN(C(=O)O)c2c(O)c(=O)c(O)cn2CCO)(CCCN(C(=O)O)c2c(O)c(=O)c(O)cn2CCO)CCCN(C(=O)O)c2c(O)c(=O)c(O)cn2CCO)cc1. The number of hydrogen-bond acceptors (Lipinski definition) is 17. The first-order chi connectivity index (χ1) is 32.6. The molecule has 0 aliphatic carbocycles. The predicted molar refractivity (Wildman–Crippen MR) is 241 cm³/mol. The molecule has 0 saturated carbocycles. The van der Waals surface area contributed by atoms with Gasteiger partial charge in [-0.25, -0.2) is 19.2 Å². The van der Waals surface area contributed by atoms with Gasteiger partial charge in [0, 0.05) is 50.6 Å². The summed E-state index contributed by atoms with van der Waals surface area (Å²) in [5, 5.41) is 134. The second kappa shape index (κ2) is 22.9. The number of hydrogen-bond donors (Lipinski definition) is 14. The number of carboxylic acid groups (broad SMARTS) is 4. The van der Waals surface area contributed by atoms with Crippen LogP contribution in [0.15, 0.2) is 57.2 Å². The summed E-state index contributed by atoms with van der Waals surface area (Å²) >= 11 is 0. The van der Waals surface area contributed by atoms with Gasteiger partial charge in [-0.3, -0.25) is 34.0 Å². The Morgan fingerprint density at radius 2 is 0.783 bits per heavy atom. The Morgan fingerprint density at radius 1 is 0.493 bits per heavy atom. The van der Waals surface area contributed by atoms with Crippen LogP contribution in [0.25, 0.3) is 0 Å². The standard InChI is InChI=1S/C41H52N8O20/c42-23-4-6-24(7-5-23)49(40(68)69)41(8-1-11-46(37(62)63)34-31(59)28(56)25(53)20-43(34)14-17-50,9-2-12-47(38(64)65)35-32(60)29(57)26(54)21-44(35)15-18-51)10-3-13-48(39(66)67)36-33(61)30(58)27(55)22-45(36)16-19-52/h4-7,20-22,50-55,59-61H,1-3,8-19,42H2,(H,62,63)(H,64,65)(H,66,67)(H,68,69). The highest BCUT2D eigenvalue weighted by atomic mass is 16.4. The van der Waals surface area contributed by atoms with Crippen LogP contribution in [-0.4, -0.2) is 149 Å². The number of amides is 4. The second-order valence-corrected chi connectivity index (χ2v) is 15.3. The molecule has 1 aromatic carbocycles. The topological polar surface area (TPSA) is 436 Å². The third kappa shape index (κ3) is 11.8. The van der Waals surface area contributed by atoms with Gasteiger partial charge in [0.2, 0.25) is 17.2 Å². The molecule has 0 unspecified atom stereocenters. The van der Waals surface area contributed by atoms with E-state index < -0.39 is 196 Å². The van der Waals surface area contributed by atoms with Crippen LogP contribution in [0.3, 0.4) is 0 Å². The molecule has 0 bridgehead atoms. The summed E-state index contributed by atoms with van der Waals surface area (Å²) in [6.45, 7) is -5.34. The highest BCUT2D eigenvalue weighted by molar-refractivity contribution is 5.90. The molecule has 15 N–H and O–H groups in total. The van der Waals surface area contributed by atoms with Crippen LogP contribution < -0.4 is 41.6 Å². The van der Waals surface area contributed by atoms with E-state index in [0.29, 0.717) is 14.7 Å². The largest absolute Gasteiger partial charge is 0.503 e. The van der Waals surface area contributed by atoms with E-state index in [4.69, 9.17) is 5.73 Å². The first kappa shape index (κ1) is 53.2. The van der Waals surface area contributed by atoms with Crippen molar-refractivity contribution >= 4 is 53.2 Å². The number of aliphatic hydroxyl groups excluding tert-OH is 3. The summed E-state index contributed by atoms with van der Waals surface area (Å²) in [7, 11) is 0. The number of pyridine rings is 3. The fourth-order valence-corrected chi connectivity index (χ4v) is 8.06. The van der Waals surface area contributed by atoms with E-state index in [9.17, 15) is 99.9 Å². The molecule has 0 saturated heterocycles. The Bertz CT molecular complexity index is 2460. The lowest BCUT2D eigenvalue weighted by Gasteiger charge is -2.44. The third-order valence-corrected chi connectivity index (χ3v) is 11.0. The van der Waals surface area contributed by atoms with Crippen molar-refractivity contribution in [1.29, 1.82) is 0 Å². The second-order valence-electron chi connectivity index (χ2n) is 15.3. The molecule has 3 aromatic heterocycles. The number of aromatic hydroxyl groups is 6. The van der Waals surface area contributed by atoms with Crippen LogP contribution >= 0.6 is 0 Å². The number of benzene rings is 1. The molecule has 28 heteroatoms. The maximum Gasteiger partial charge on any atom is 0.413 e. The molecule has 4 rings (SSSR count). The van der Waals surface area contributed by atoms with Crippen LogP contribution in [0.1, 0.15) is 38.5 Å². The van der Waals surface area contributed by atoms with Crippen molar-refractivity contribution in [2.24, 2.45) is 0 Å². The Labute approximate surface area is 388 Å². The van der Waals surface area contributed by atoms with E-state index in [0.717, 1.165) is 37.2 Å². The Kier molecular flexibility index (Phi) is 17.7. The van der Waals surface area contributed by atoms with Crippen LogP contribution in [0.4, 0.5) is 48.0 Å². The van der Waals surface area contributed by atoms with Gasteiger partial charge in [0.15, 0.2) is 34.7 Å². The first-order valence-electron chi connectivity index (χ1n) is 20.8. The van der Waals surface area contributed by atoms with E-state index in [1.54, 1.807) is 0 Å². The van der Waals surface area contributed by atoms with E-state index in [1.807, 2.05) is 0 Å². The van der Waals surface area contributed by atoms with E-state index >= 15 is 0 Å². The highest BCUT2D eigenvalue weighted by Gasteiger charge is 2.42. The van der Waals surface area contributed by atoms with Crippen molar-refractivity contribution in [3.05, 3.63) is 73.5 Å². The minimum absolute atomic E-state index is 0.0779. The van der Waals surface area contributed by atoms with Crippen LogP contribution in [0.5, 0.6) is 34.5 Å². The maximum absolute atomic E-state index is 13.6. The van der Waals surface area contributed by atoms with Gasteiger partial charge in [0.05, 0.1) is 44.0 Å². The Hall–Kier alpha value is -8.37. The molecular weight excluding hydrogens is 924 g/mol. The molecule has 0 fully saturated rings. The summed E-state index contributed by atoms with van der Waals surface area (Å²) in [6.07, 6.45) is -7.20. The normalized spacial score (nSPS) is 11.3. The minimum Gasteiger partial charge on any atom is -0.503 e. The van der Waals surface area contributed by atoms with Crippen LogP contribution in [0, 0.1) is 0 Å². The summed E-state index contributed by atoms with van der Waals surface area (Å²) in [5.41, 5.74) is -0.0173. The number of rotatable bonds is 23. The number of aromatic nitrogens is 3. The lowest BCUT2D eigenvalue weighted by molar-refractivity contribution is 0.181. The maximum atomic E-state index is 13.6. The van der Waals surface area contributed by atoms with E-state index in [1.165, 1.54) is 24.3 Å². The van der Waals surface area contributed by atoms with Crippen molar-refractivity contribution in [2.45, 2.75) is 63.7 Å². The quantitative estimate of drug-likeness (QED) is 0.0462. The summed E-state index contributed by atoms with van der Waals surface area (Å²) < 4.78 is 2.61. The van der Waals surface area contributed by atoms with Crippen molar-refractivity contribution in [1.82, 2.24) is 13.7 Å². The average Bonchev–Trinajstić information content (AvgIpc) is 3.28. The highest BCUT2D eigenvalue weighted by Crippen LogP contribution is 2.39. The Balaban J connectivity index is 1.93. The lowest BCUT2D eigenvalue weighted by Crippen LogP contribution is -2.53. The number of nitrogen functional groups attached to an aromatic ring is 1. The van der Waals surface area contributed by atoms with E-state index in [-0.39, 0.29) is 11.4 Å². The molecule has 28 nitrogen and oxygen atoms in total. The van der Waals surface area contributed by atoms with E-state index in [2.05, 4.69) is 0 Å². The molecule has 3 heterocycles. The molecule has 0 atom stereocenters. The van der Waals surface area contributed by atoms with Gasteiger partial charge in [0.1, 0.15) is 0 Å². The van der Waals surface area contributed by atoms with Crippen molar-refractivity contribution < 1.29 is 85.6 Å². The lowest BCUT2D eigenvalue weighted by atomic mass is 9.81.